The molecule has 0 radical (unpaired) electrons. The van der Waals surface area contributed by atoms with Crippen LogP contribution in [-0.2, 0) is 0 Å². The Morgan fingerprint density at radius 2 is 1.83 bits per heavy atom. The third kappa shape index (κ3) is 6.09. The van der Waals surface area contributed by atoms with Crippen molar-refractivity contribution in [3.63, 3.8) is 0 Å². The van der Waals surface area contributed by atoms with E-state index in [1.807, 2.05) is 6.92 Å². The summed E-state index contributed by atoms with van der Waals surface area (Å²) < 4.78 is 35.6. The molecule has 0 spiro atoms. The highest BCUT2D eigenvalue weighted by Gasteiger charge is 2.27. The van der Waals surface area contributed by atoms with Gasteiger partial charge in [0, 0.05) is 12.6 Å². The summed E-state index contributed by atoms with van der Waals surface area (Å²) in [5.41, 5.74) is 0. The largest absolute Gasteiger partial charge is 0.405 e. The fourth-order valence-electron chi connectivity index (χ4n) is 1.97. The number of carbonyl (C=O) groups excluding carboxylic acids is 1. The maximum atomic E-state index is 11.9. The Bertz CT molecular complexity index is 265. The first-order chi connectivity index (χ1) is 8.38. The lowest BCUT2D eigenvalue weighted by Gasteiger charge is -2.32. The number of urea groups is 1. The lowest BCUT2D eigenvalue weighted by molar-refractivity contribution is -0.122. The van der Waals surface area contributed by atoms with E-state index in [0.29, 0.717) is 6.54 Å². The molecule has 0 bridgehead atoms. The van der Waals surface area contributed by atoms with Gasteiger partial charge in [-0.15, -0.1) is 0 Å². The number of alkyl halides is 3. The van der Waals surface area contributed by atoms with Crippen molar-refractivity contribution < 1.29 is 18.0 Å². The zero-order valence-corrected chi connectivity index (χ0v) is 10.5. The predicted octanol–water partition coefficient (Wildman–Crippen LogP) is 1.72. The molecule has 0 aliphatic carbocycles. The molecule has 4 nitrogen and oxygen atoms in total. The van der Waals surface area contributed by atoms with Crippen molar-refractivity contribution >= 4 is 6.03 Å². The second-order valence-electron chi connectivity index (χ2n) is 4.62. The molecule has 1 atom stereocenters. The predicted molar refractivity (Wildman–Crippen MR) is 62.3 cm³/mol. The van der Waals surface area contributed by atoms with Gasteiger partial charge in [-0.25, -0.2) is 4.79 Å². The van der Waals surface area contributed by atoms with Crippen LogP contribution in [-0.4, -0.2) is 49.3 Å². The van der Waals surface area contributed by atoms with Crippen molar-refractivity contribution in [3.05, 3.63) is 0 Å². The van der Waals surface area contributed by atoms with E-state index >= 15 is 0 Å². The molecule has 18 heavy (non-hydrogen) atoms. The monoisotopic (exact) mass is 267 g/mol. The molecule has 1 aliphatic heterocycles. The molecule has 1 heterocycles. The molecule has 1 unspecified atom stereocenters. The SMILES string of the molecule is CC(CNC(=O)NCC(F)(F)F)N1CCCCC1. The Labute approximate surface area is 105 Å². The number of rotatable bonds is 4. The van der Waals surface area contributed by atoms with Gasteiger partial charge in [0.15, 0.2) is 0 Å². The number of nitrogens with zero attached hydrogens (tertiary/aromatic N) is 1. The molecule has 1 rings (SSSR count). The number of nitrogens with one attached hydrogen (secondary N) is 2. The fourth-order valence-corrected chi connectivity index (χ4v) is 1.97. The minimum atomic E-state index is -4.37. The number of amides is 2. The lowest BCUT2D eigenvalue weighted by atomic mass is 10.1. The van der Waals surface area contributed by atoms with Gasteiger partial charge in [-0.2, -0.15) is 13.2 Å². The number of hydrogen-bond acceptors (Lipinski definition) is 2. The molecule has 0 aromatic heterocycles. The van der Waals surface area contributed by atoms with Gasteiger partial charge < -0.3 is 10.6 Å². The first-order valence-corrected chi connectivity index (χ1v) is 6.21. The number of hydrogen-bond donors (Lipinski definition) is 2. The van der Waals surface area contributed by atoms with Crippen LogP contribution in [0.25, 0.3) is 0 Å². The van der Waals surface area contributed by atoms with Crippen LogP contribution in [0.15, 0.2) is 0 Å². The fraction of sp³-hybridized carbons (Fsp3) is 0.909. The number of carbonyl (C=O) groups is 1. The van der Waals surface area contributed by atoms with E-state index in [2.05, 4.69) is 10.2 Å². The Kier molecular flexibility index (Phi) is 5.71. The summed E-state index contributed by atoms with van der Waals surface area (Å²) in [6.07, 6.45) is -0.853. The van der Waals surface area contributed by atoms with E-state index in [9.17, 15) is 18.0 Å². The first-order valence-electron chi connectivity index (χ1n) is 6.21. The molecule has 1 fully saturated rings. The summed E-state index contributed by atoms with van der Waals surface area (Å²) in [4.78, 5) is 13.4. The number of piperidine rings is 1. The van der Waals surface area contributed by atoms with Crippen LogP contribution in [0.4, 0.5) is 18.0 Å². The summed E-state index contributed by atoms with van der Waals surface area (Å²) in [5, 5.41) is 4.25. The normalized spacial score (nSPS) is 19.3. The van der Waals surface area contributed by atoms with E-state index in [4.69, 9.17) is 0 Å². The summed E-state index contributed by atoms with van der Waals surface area (Å²) in [6.45, 7) is 3.02. The van der Waals surface area contributed by atoms with Crippen molar-refractivity contribution in [3.8, 4) is 0 Å². The van der Waals surface area contributed by atoms with E-state index in [0.717, 1.165) is 25.9 Å². The van der Waals surface area contributed by atoms with Crippen molar-refractivity contribution in [1.29, 1.82) is 0 Å². The third-order valence-corrected chi connectivity index (χ3v) is 3.02. The van der Waals surface area contributed by atoms with Gasteiger partial charge in [-0.3, -0.25) is 4.90 Å². The molecule has 1 aliphatic rings. The zero-order chi connectivity index (χ0) is 13.6. The second-order valence-corrected chi connectivity index (χ2v) is 4.62. The molecule has 1 saturated heterocycles. The van der Waals surface area contributed by atoms with Crippen LogP contribution in [0.5, 0.6) is 0 Å². The highest BCUT2D eigenvalue weighted by molar-refractivity contribution is 5.73. The van der Waals surface area contributed by atoms with Crippen molar-refractivity contribution in [2.75, 3.05) is 26.2 Å². The molecular formula is C11H20F3N3O. The maximum Gasteiger partial charge on any atom is 0.405 e. The van der Waals surface area contributed by atoms with E-state index in [-0.39, 0.29) is 6.04 Å². The van der Waals surface area contributed by atoms with Crippen LogP contribution in [0.1, 0.15) is 26.2 Å². The van der Waals surface area contributed by atoms with Gasteiger partial charge >= 0.3 is 12.2 Å². The smallest absolute Gasteiger partial charge is 0.337 e. The van der Waals surface area contributed by atoms with Crippen LogP contribution in [0.3, 0.4) is 0 Å². The van der Waals surface area contributed by atoms with Crippen molar-refractivity contribution in [1.82, 2.24) is 15.5 Å². The van der Waals surface area contributed by atoms with Gasteiger partial charge in [0.25, 0.3) is 0 Å². The Hall–Kier alpha value is -0.980. The molecule has 106 valence electrons. The van der Waals surface area contributed by atoms with Crippen molar-refractivity contribution in [2.45, 2.75) is 38.4 Å². The lowest BCUT2D eigenvalue weighted by Crippen LogP contribution is -2.48. The standard InChI is InChI=1S/C11H20F3N3O/c1-9(17-5-3-2-4-6-17)7-15-10(18)16-8-11(12,13)14/h9H,2-8H2,1H3,(H2,15,16,18). The topological polar surface area (TPSA) is 44.4 Å². The molecule has 2 N–H and O–H groups in total. The van der Waals surface area contributed by atoms with Gasteiger partial charge in [0.05, 0.1) is 0 Å². The second kappa shape index (κ2) is 6.82. The van der Waals surface area contributed by atoms with Gasteiger partial charge in [0.2, 0.25) is 0 Å². The highest BCUT2D eigenvalue weighted by atomic mass is 19.4. The average Bonchev–Trinajstić information content (AvgIpc) is 2.33. The third-order valence-electron chi connectivity index (χ3n) is 3.02. The Morgan fingerprint density at radius 1 is 1.22 bits per heavy atom. The van der Waals surface area contributed by atoms with Gasteiger partial charge in [0.1, 0.15) is 6.54 Å². The van der Waals surface area contributed by atoms with Crippen LogP contribution >= 0.6 is 0 Å². The summed E-state index contributed by atoms with van der Waals surface area (Å²) in [7, 11) is 0. The maximum absolute atomic E-state index is 11.9. The van der Waals surface area contributed by atoms with Crippen LogP contribution < -0.4 is 10.6 Å². The number of halogens is 3. The Morgan fingerprint density at radius 3 is 2.39 bits per heavy atom. The molecule has 0 aromatic rings. The molecular weight excluding hydrogens is 247 g/mol. The van der Waals surface area contributed by atoms with Gasteiger partial charge in [-0.05, 0) is 32.9 Å². The molecule has 0 aromatic carbocycles. The number of likely N-dealkylation sites (tertiary alicyclic amines) is 1. The minimum absolute atomic E-state index is 0.155. The summed E-state index contributed by atoms with van der Waals surface area (Å²) >= 11 is 0. The minimum Gasteiger partial charge on any atom is -0.337 e. The molecule has 7 heteroatoms. The quantitative estimate of drug-likeness (QED) is 0.814. The summed E-state index contributed by atoms with van der Waals surface area (Å²) in [5.74, 6) is 0. The average molecular weight is 267 g/mol. The van der Waals surface area contributed by atoms with E-state index in [1.165, 1.54) is 6.42 Å². The highest BCUT2D eigenvalue weighted by Crippen LogP contribution is 2.12. The van der Waals surface area contributed by atoms with Crippen LogP contribution in [0, 0.1) is 0 Å². The molecule has 2 amide bonds. The van der Waals surface area contributed by atoms with E-state index < -0.39 is 18.8 Å². The Balaban J connectivity index is 2.17. The van der Waals surface area contributed by atoms with E-state index in [1.54, 1.807) is 5.32 Å². The van der Waals surface area contributed by atoms with Crippen LogP contribution in [0.2, 0.25) is 0 Å². The zero-order valence-electron chi connectivity index (χ0n) is 10.5. The van der Waals surface area contributed by atoms with Crippen molar-refractivity contribution in [2.24, 2.45) is 0 Å². The molecule has 0 saturated carbocycles. The first kappa shape index (κ1) is 15.1. The summed E-state index contributed by atoms with van der Waals surface area (Å²) in [6, 6.07) is -0.613. The van der Waals surface area contributed by atoms with Gasteiger partial charge in [-0.1, -0.05) is 6.42 Å².